The average molecular weight is 352 g/mol. The lowest BCUT2D eigenvalue weighted by Crippen LogP contribution is -2.33. The van der Waals surface area contributed by atoms with Gasteiger partial charge in [0, 0.05) is 30.3 Å². The van der Waals surface area contributed by atoms with Crippen molar-refractivity contribution in [3.05, 3.63) is 54.1 Å². The number of rotatable bonds is 4. The number of methoxy groups -OCH3 is 1. The molecule has 3 rings (SSSR count). The second-order valence-electron chi connectivity index (χ2n) is 7.12. The number of para-hydroxylation sites is 1. The van der Waals surface area contributed by atoms with Crippen LogP contribution in [-0.2, 0) is 0 Å². The average Bonchev–Trinajstić information content (AvgIpc) is 2.94. The predicted octanol–water partition coefficient (Wildman–Crippen LogP) is 3.92. The van der Waals surface area contributed by atoms with Crippen molar-refractivity contribution in [2.75, 3.05) is 34.3 Å². The van der Waals surface area contributed by atoms with Crippen LogP contribution < -0.4 is 4.74 Å². The minimum absolute atomic E-state index is 0.126. The molecule has 1 heterocycles. The molecule has 1 saturated heterocycles. The number of amides is 1. The van der Waals surface area contributed by atoms with Gasteiger partial charge in [-0.05, 0) is 57.1 Å². The lowest BCUT2D eigenvalue weighted by atomic mass is 10.0. The van der Waals surface area contributed by atoms with Crippen LogP contribution >= 0.6 is 0 Å². The Labute approximate surface area is 156 Å². The van der Waals surface area contributed by atoms with E-state index >= 15 is 0 Å². The molecule has 0 aromatic heterocycles. The lowest BCUT2D eigenvalue weighted by molar-refractivity contribution is 0.0758. The summed E-state index contributed by atoms with van der Waals surface area (Å²) in [6.07, 6.45) is 3.24. The molecule has 0 saturated carbocycles. The van der Waals surface area contributed by atoms with Gasteiger partial charge in [0.15, 0.2) is 0 Å². The van der Waals surface area contributed by atoms with E-state index in [4.69, 9.17) is 4.74 Å². The molecule has 2 aromatic rings. The number of hydrogen-bond acceptors (Lipinski definition) is 3. The minimum Gasteiger partial charge on any atom is -0.496 e. The van der Waals surface area contributed by atoms with Crippen LogP contribution in [0.1, 0.15) is 29.6 Å². The molecule has 26 heavy (non-hydrogen) atoms. The second-order valence-corrected chi connectivity index (χ2v) is 7.12. The summed E-state index contributed by atoms with van der Waals surface area (Å²) in [7, 11) is 5.92. The normalized spacial score (nSPS) is 17.8. The molecular weight excluding hydrogens is 324 g/mol. The maximum Gasteiger partial charge on any atom is 0.253 e. The zero-order chi connectivity index (χ0) is 18.5. The number of nitrogens with zero attached hydrogens (tertiary/aromatic N) is 2. The lowest BCUT2D eigenvalue weighted by Gasteiger charge is -2.23. The monoisotopic (exact) mass is 352 g/mol. The van der Waals surface area contributed by atoms with E-state index < -0.39 is 0 Å². The summed E-state index contributed by atoms with van der Waals surface area (Å²) in [6.45, 7) is 1.66. The van der Waals surface area contributed by atoms with Crippen LogP contribution in [0.15, 0.2) is 48.5 Å². The zero-order valence-electron chi connectivity index (χ0n) is 15.9. The fourth-order valence-electron chi connectivity index (χ4n) is 3.68. The molecule has 0 unspecified atom stereocenters. The Morgan fingerprint density at radius 3 is 2.65 bits per heavy atom. The first kappa shape index (κ1) is 18.5. The quantitative estimate of drug-likeness (QED) is 0.836. The smallest absolute Gasteiger partial charge is 0.253 e. The van der Waals surface area contributed by atoms with Crippen molar-refractivity contribution in [1.82, 2.24) is 9.80 Å². The van der Waals surface area contributed by atoms with E-state index in [1.807, 2.05) is 53.4 Å². The highest BCUT2D eigenvalue weighted by atomic mass is 16.5. The Bertz CT molecular complexity index is 757. The van der Waals surface area contributed by atoms with E-state index in [0.29, 0.717) is 6.04 Å². The van der Waals surface area contributed by atoms with Crippen molar-refractivity contribution in [2.24, 2.45) is 0 Å². The number of ether oxygens (including phenoxy) is 1. The van der Waals surface area contributed by atoms with Crippen molar-refractivity contribution in [3.63, 3.8) is 0 Å². The first-order valence-corrected chi connectivity index (χ1v) is 9.29. The van der Waals surface area contributed by atoms with Gasteiger partial charge in [-0.15, -0.1) is 0 Å². The fraction of sp³-hybridized carbons (Fsp3) is 0.409. The molecule has 1 atom stereocenters. The van der Waals surface area contributed by atoms with Gasteiger partial charge in [-0.2, -0.15) is 0 Å². The third kappa shape index (κ3) is 4.07. The van der Waals surface area contributed by atoms with Crippen molar-refractivity contribution in [2.45, 2.75) is 25.3 Å². The van der Waals surface area contributed by atoms with Crippen LogP contribution in [0.5, 0.6) is 5.75 Å². The van der Waals surface area contributed by atoms with E-state index in [2.05, 4.69) is 19.0 Å². The molecule has 0 spiro atoms. The second kappa shape index (κ2) is 8.37. The van der Waals surface area contributed by atoms with Gasteiger partial charge in [-0.25, -0.2) is 0 Å². The van der Waals surface area contributed by atoms with E-state index in [0.717, 1.165) is 54.8 Å². The van der Waals surface area contributed by atoms with Gasteiger partial charge in [-0.1, -0.05) is 30.3 Å². The molecule has 0 N–H and O–H groups in total. The largest absolute Gasteiger partial charge is 0.496 e. The molecule has 0 radical (unpaired) electrons. The van der Waals surface area contributed by atoms with E-state index in [-0.39, 0.29) is 5.91 Å². The van der Waals surface area contributed by atoms with Crippen LogP contribution in [-0.4, -0.2) is 56.0 Å². The molecule has 138 valence electrons. The predicted molar refractivity (Wildman–Crippen MR) is 106 cm³/mol. The van der Waals surface area contributed by atoms with Gasteiger partial charge >= 0.3 is 0 Å². The van der Waals surface area contributed by atoms with Crippen molar-refractivity contribution in [3.8, 4) is 16.9 Å². The fourth-order valence-corrected chi connectivity index (χ4v) is 3.68. The third-order valence-corrected chi connectivity index (χ3v) is 5.24. The maximum atomic E-state index is 13.0. The van der Waals surface area contributed by atoms with Gasteiger partial charge in [0.05, 0.1) is 7.11 Å². The highest BCUT2D eigenvalue weighted by Gasteiger charge is 2.22. The molecule has 1 aliphatic rings. The van der Waals surface area contributed by atoms with E-state index in [1.54, 1.807) is 7.11 Å². The first-order chi connectivity index (χ1) is 12.6. The topological polar surface area (TPSA) is 32.8 Å². The number of carbonyl (C=O) groups is 1. The number of hydrogen-bond donors (Lipinski definition) is 0. The molecule has 1 aliphatic heterocycles. The SMILES string of the molecule is COc1ccccc1-c1cccc(C(=O)N2CCC[C@@H](N(C)C)CC2)c1. The molecular formula is C22H28N2O2. The molecule has 1 fully saturated rings. The number of likely N-dealkylation sites (tertiary alicyclic amines) is 1. The Balaban J connectivity index is 1.80. The molecule has 0 bridgehead atoms. The van der Waals surface area contributed by atoms with Gasteiger partial charge in [0.1, 0.15) is 5.75 Å². The first-order valence-electron chi connectivity index (χ1n) is 9.29. The molecule has 4 nitrogen and oxygen atoms in total. The number of carbonyl (C=O) groups excluding carboxylic acids is 1. The minimum atomic E-state index is 0.126. The summed E-state index contributed by atoms with van der Waals surface area (Å²) in [4.78, 5) is 17.3. The third-order valence-electron chi connectivity index (χ3n) is 5.24. The summed E-state index contributed by atoms with van der Waals surface area (Å²) in [5.41, 5.74) is 2.76. The summed E-state index contributed by atoms with van der Waals surface area (Å²) < 4.78 is 5.47. The van der Waals surface area contributed by atoms with Crippen LogP contribution in [0, 0.1) is 0 Å². The standard InChI is InChI=1S/C22H28N2O2/c1-23(2)19-10-7-14-24(15-13-19)22(25)18-9-6-8-17(16-18)20-11-4-5-12-21(20)26-3/h4-6,8-9,11-12,16,19H,7,10,13-15H2,1-3H3/t19-/m1/s1. The Hall–Kier alpha value is -2.33. The highest BCUT2D eigenvalue weighted by Crippen LogP contribution is 2.30. The Morgan fingerprint density at radius 2 is 1.88 bits per heavy atom. The molecule has 4 heteroatoms. The molecule has 2 aromatic carbocycles. The zero-order valence-corrected chi connectivity index (χ0v) is 15.9. The summed E-state index contributed by atoms with van der Waals surface area (Å²) in [5, 5.41) is 0. The number of benzene rings is 2. The summed E-state index contributed by atoms with van der Waals surface area (Å²) in [6, 6.07) is 16.3. The van der Waals surface area contributed by atoms with Crippen molar-refractivity contribution >= 4 is 5.91 Å². The molecule has 1 amide bonds. The van der Waals surface area contributed by atoms with Crippen LogP contribution in [0.4, 0.5) is 0 Å². The van der Waals surface area contributed by atoms with E-state index in [1.165, 1.54) is 0 Å². The van der Waals surface area contributed by atoms with Crippen molar-refractivity contribution < 1.29 is 9.53 Å². The van der Waals surface area contributed by atoms with Crippen LogP contribution in [0.2, 0.25) is 0 Å². The van der Waals surface area contributed by atoms with Crippen molar-refractivity contribution in [1.29, 1.82) is 0 Å². The van der Waals surface area contributed by atoms with Crippen LogP contribution in [0.3, 0.4) is 0 Å². The van der Waals surface area contributed by atoms with Crippen LogP contribution in [0.25, 0.3) is 11.1 Å². The molecule has 0 aliphatic carbocycles. The van der Waals surface area contributed by atoms with Gasteiger partial charge in [0.25, 0.3) is 5.91 Å². The maximum absolute atomic E-state index is 13.0. The Kier molecular flexibility index (Phi) is 5.94. The van der Waals surface area contributed by atoms with Gasteiger partial charge in [0.2, 0.25) is 0 Å². The van der Waals surface area contributed by atoms with E-state index in [9.17, 15) is 4.79 Å². The summed E-state index contributed by atoms with van der Waals surface area (Å²) >= 11 is 0. The highest BCUT2D eigenvalue weighted by molar-refractivity contribution is 5.95. The Morgan fingerprint density at radius 1 is 1.08 bits per heavy atom. The summed E-state index contributed by atoms with van der Waals surface area (Å²) in [5.74, 6) is 0.946. The van der Waals surface area contributed by atoms with Gasteiger partial charge in [-0.3, -0.25) is 4.79 Å². The van der Waals surface area contributed by atoms with Gasteiger partial charge < -0.3 is 14.5 Å².